The van der Waals surface area contributed by atoms with Crippen molar-refractivity contribution in [1.82, 2.24) is 0 Å². The summed E-state index contributed by atoms with van der Waals surface area (Å²) in [4.78, 5) is 2.84. The van der Waals surface area contributed by atoms with Crippen molar-refractivity contribution in [2.24, 2.45) is 0 Å². The van der Waals surface area contributed by atoms with E-state index in [2.05, 4.69) is 47.2 Å². The molecule has 2 aliphatic rings. The maximum absolute atomic E-state index is 2.25. The summed E-state index contributed by atoms with van der Waals surface area (Å²) >= 11 is 3.67. The first-order valence-corrected chi connectivity index (χ1v) is 6.95. The van der Waals surface area contributed by atoms with Crippen LogP contribution in [0.4, 0.5) is 0 Å². The molecule has 16 heavy (non-hydrogen) atoms. The van der Waals surface area contributed by atoms with Crippen molar-refractivity contribution in [3.05, 3.63) is 55.9 Å². The lowest BCUT2D eigenvalue weighted by molar-refractivity contribution is 1.83. The Bertz CT molecular complexity index is 604. The molecule has 0 atom stereocenters. The molecular formula is C14H8S2. The van der Waals surface area contributed by atoms with Crippen LogP contribution in [0.15, 0.2) is 35.0 Å². The molecule has 2 aromatic heterocycles. The van der Waals surface area contributed by atoms with Gasteiger partial charge < -0.3 is 0 Å². The lowest BCUT2D eigenvalue weighted by Gasteiger charge is -2.01. The fourth-order valence-electron chi connectivity index (χ4n) is 2.26. The van der Waals surface area contributed by atoms with Crippen LogP contribution in [0.3, 0.4) is 0 Å². The molecule has 0 radical (unpaired) electrons. The summed E-state index contributed by atoms with van der Waals surface area (Å²) in [5, 5.41) is 4.34. The average molecular weight is 240 g/mol. The minimum absolute atomic E-state index is 1.37. The van der Waals surface area contributed by atoms with Crippen molar-refractivity contribution in [3.8, 4) is 0 Å². The van der Waals surface area contributed by atoms with Crippen molar-refractivity contribution in [2.45, 2.75) is 0 Å². The van der Waals surface area contributed by atoms with Gasteiger partial charge in [0.05, 0.1) is 0 Å². The van der Waals surface area contributed by atoms with Gasteiger partial charge in [-0.25, -0.2) is 0 Å². The monoisotopic (exact) mass is 240 g/mol. The third-order valence-electron chi connectivity index (χ3n) is 3.03. The number of thiophene rings is 2. The van der Waals surface area contributed by atoms with E-state index in [9.17, 15) is 0 Å². The van der Waals surface area contributed by atoms with Gasteiger partial charge in [0.2, 0.25) is 0 Å². The molecule has 0 saturated heterocycles. The van der Waals surface area contributed by atoms with Crippen LogP contribution in [0.5, 0.6) is 0 Å². The van der Waals surface area contributed by atoms with Crippen molar-refractivity contribution in [3.63, 3.8) is 0 Å². The Morgan fingerprint density at radius 1 is 0.625 bits per heavy atom. The zero-order chi connectivity index (χ0) is 10.5. The van der Waals surface area contributed by atoms with E-state index in [1.54, 1.807) is 0 Å². The Morgan fingerprint density at radius 2 is 1.12 bits per heavy atom. The Morgan fingerprint density at radius 3 is 1.62 bits per heavy atom. The van der Waals surface area contributed by atoms with Crippen LogP contribution in [-0.4, -0.2) is 0 Å². The van der Waals surface area contributed by atoms with Crippen LogP contribution in [0, 0.1) is 0 Å². The van der Waals surface area contributed by atoms with Crippen molar-refractivity contribution in [2.75, 3.05) is 0 Å². The zero-order valence-corrected chi connectivity index (χ0v) is 10.1. The molecule has 4 rings (SSSR count). The number of fused-ring (bicyclic) bond motifs is 2. The Kier molecular flexibility index (Phi) is 1.67. The molecule has 0 amide bonds. The summed E-state index contributed by atoms with van der Waals surface area (Å²) < 4.78 is 0. The molecule has 0 N–H and O–H groups in total. The van der Waals surface area contributed by atoms with E-state index in [1.165, 1.54) is 32.0 Å². The first kappa shape index (κ1) is 8.74. The van der Waals surface area contributed by atoms with Gasteiger partial charge in [-0.2, -0.15) is 0 Å². The zero-order valence-electron chi connectivity index (χ0n) is 8.44. The summed E-state index contributed by atoms with van der Waals surface area (Å²) in [6.07, 6.45) is 8.92. The van der Waals surface area contributed by atoms with Gasteiger partial charge >= 0.3 is 0 Å². The fourth-order valence-corrected chi connectivity index (χ4v) is 4.12. The van der Waals surface area contributed by atoms with Crippen LogP contribution in [0.25, 0.3) is 23.3 Å². The normalized spacial score (nSPS) is 20.5. The molecule has 0 saturated carbocycles. The number of hydrogen-bond acceptors (Lipinski definition) is 2. The lowest BCUT2D eigenvalue weighted by Crippen LogP contribution is -1.78. The van der Waals surface area contributed by atoms with Gasteiger partial charge in [0.1, 0.15) is 0 Å². The van der Waals surface area contributed by atoms with Crippen molar-refractivity contribution >= 4 is 46.0 Å². The van der Waals surface area contributed by atoms with Crippen molar-refractivity contribution < 1.29 is 0 Å². The van der Waals surface area contributed by atoms with Gasteiger partial charge in [0.25, 0.3) is 0 Å². The highest BCUT2D eigenvalue weighted by Crippen LogP contribution is 2.43. The number of hydrogen-bond donors (Lipinski definition) is 0. The average Bonchev–Trinajstić information content (AvgIpc) is 2.97. The predicted octanol–water partition coefficient (Wildman–Crippen LogP) is 4.77. The van der Waals surface area contributed by atoms with Crippen LogP contribution in [0.1, 0.15) is 20.9 Å². The van der Waals surface area contributed by atoms with E-state index < -0.39 is 0 Å². The first-order valence-electron chi connectivity index (χ1n) is 5.20. The molecule has 76 valence electrons. The molecule has 0 aliphatic heterocycles. The van der Waals surface area contributed by atoms with E-state index in [0.717, 1.165) is 0 Å². The molecule has 0 unspecified atom stereocenters. The standard InChI is InChI=1S/C14H8S2/c1-3-11(13-9(1)5-7-15-13)12-4-2-10-6-8-16-14(10)12/h1-8H/b12-11+. The molecule has 0 spiro atoms. The van der Waals surface area contributed by atoms with E-state index in [-0.39, 0.29) is 0 Å². The molecule has 2 aliphatic carbocycles. The van der Waals surface area contributed by atoms with Gasteiger partial charge in [0, 0.05) is 20.9 Å². The maximum atomic E-state index is 2.25. The highest BCUT2D eigenvalue weighted by Gasteiger charge is 2.20. The second kappa shape index (κ2) is 3.06. The second-order valence-electron chi connectivity index (χ2n) is 3.90. The Labute approximate surface area is 102 Å². The second-order valence-corrected chi connectivity index (χ2v) is 5.74. The van der Waals surface area contributed by atoms with E-state index >= 15 is 0 Å². The van der Waals surface area contributed by atoms with Gasteiger partial charge in [0.15, 0.2) is 0 Å². The van der Waals surface area contributed by atoms with Gasteiger partial charge in [-0.1, -0.05) is 24.3 Å². The summed E-state index contributed by atoms with van der Waals surface area (Å²) in [7, 11) is 0. The smallest absolute Gasteiger partial charge is 0.0421 e. The summed E-state index contributed by atoms with van der Waals surface area (Å²) in [5.41, 5.74) is 5.52. The molecule has 0 aromatic carbocycles. The largest absolute Gasteiger partial charge is 0.143 e. The van der Waals surface area contributed by atoms with Crippen LogP contribution in [0.2, 0.25) is 0 Å². The van der Waals surface area contributed by atoms with Gasteiger partial charge in [-0.05, 0) is 34.0 Å². The summed E-state index contributed by atoms with van der Waals surface area (Å²) in [6, 6.07) is 4.39. The van der Waals surface area contributed by atoms with Crippen LogP contribution >= 0.6 is 22.7 Å². The van der Waals surface area contributed by atoms with Gasteiger partial charge in [-0.3, -0.25) is 0 Å². The minimum Gasteiger partial charge on any atom is -0.143 e. The SMILES string of the molecule is C1=Cc2ccsc2/C1=C1\C=Cc2ccsc21. The first-order chi connectivity index (χ1) is 7.93. The topological polar surface area (TPSA) is 0 Å². The molecule has 2 heteroatoms. The Balaban J connectivity index is 2.02. The number of rotatable bonds is 0. The predicted molar refractivity (Wildman–Crippen MR) is 73.5 cm³/mol. The van der Waals surface area contributed by atoms with Gasteiger partial charge in [-0.15, -0.1) is 22.7 Å². The summed E-state index contributed by atoms with van der Waals surface area (Å²) in [6.45, 7) is 0. The van der Waals surface area contributed by atoms with E-state index in [1.807, 2.05) is 22.7 Å². The molecule has 0 fully saturated rings. The summed E-state index contributed by atoms with van der Waals surface area (Å²) in [5.74, 6) is 0. The molecular weight excluding hydrogens is 232 g/mol. The molecule has 0 bridgehead atoms. The van der Waals surface area contributed by atoms with E-state index in [4.69, 9.17) is 0 Å². The highest BCUT2D eigenvalue weighted by atomic mass is 32.1. The van der Waals surface area contributed by atoms with Crippen LogP contribution < -0.4 is 0 Å². The third kappa shape index (κ3) is 1.03. The minimum atomic E-state index is 1.37. The number of allylic oxidation sites excluding steroid dienone is 4. The fraction of sp³-hybridized carbons (Fsp3) is 0. The highest BCUT2D eigenvalue weighted by molar-refractivity contribution is 7.12. The maximum Gasteiger partial charge on any atom is 0.0421 e. The Hall–Kier alpha value is -1.38. The van der Waals surface area contributed by atoms with Crippen LogP contribution in [-0.2, 0) is 0 Å². The molecule has 2 heterocycles. The molecule has 0 nitrogen and oxygen atoms in total. The van der Waals surface area contributed by atoms with Crippen molar-refractivity contribution in [1.29, 1.82) is 0 Å². The van der Waals surface area contributed by atoms with E-state index in [0.29, 0.717) is 0 Å². The molecule has 2 aromatic rings. The quantitative estimate of drug-likeness (QED) is 0.622. The lowest BCUT2D eigenvalue weighted by atomic mass is 10.1. The third-order valence-corrected chi connectivity index (χ3v) is 4.96.